The van der Waals surface area contributed by atoms with E-state index in [2.05, 4.69) is 4.74 Å². The first-order valence-corrected chi connectivity index (χ1v) is 6.14. The molecule has 0 aliphatic rings. The van der Waals surface area contributed by atoms with Gasteiger partial charge in [0.05, 0.1) is 0 Å². The van der Waals surface area contributed by atoms with Crippen LogP contribution in [0, 0.1) is 0 Å². The van der Waals surface area contributed by atoms with Crippen LogP contribution in [0.2, 0.25) is 0 Å². The predicted octanol–water partition coefficient (Wildman–Crippen LogP) is 2.87. The Morgan fingerprint density at radius 3 is 2.55 bits per heavy atom. The smallest absolute Gasteiger partial charge is 0.479 e. The maximum Gasteiger partial charge on any atom is 0.573 e. The Labute approximate surface area is 117 Å². The zero-order valence-corrected chi connectivity index (χ0v) is 10.9. The van der Waals surface area contributed by atoms with E-state index >= 15 is 0 Å². The molecule has 1 rings (SSSR count). The maximum absolute atomic E-state index is 12.3. The van der Waals surface area contributed by atoms with Gasteiger partial charge in [0.15, 0.2) is 6.10 Å². The Balaban J connectivity index is 3.24. The fourth-order valence-electron chi connectivity index (χ4n) is 1.71. The van der Waals surface area contributed by atoms with Crippen molar-refractivity contribution >= 4 is 17.6 Å². The van der Waals surface area contributed by atoms with Crippen molar-refractivity contribution < 1.29 is 32.9 Å². The molecule has 0 fully saturated rings. The minimum atomic E-state index is -4.97. The summed E-state index contributed by atoms with van der Waals surface area (Å²) >= 11 is 5.50. The molecular formula is C12H12ClF3O4. The van der Waals surface area contributed by atoms with E-state index in [1.165, 1.54) is 12.1 Å². The van der Waals surface area contributed by atoms with E-state index in [0.717, 1.165) is 6.07 Å². The van der Waals surface area contributed by atoms with Gasteiger partial charge in [-0.2, -0.15) is 0 Å². The summed E-state index contributed by atoms with van der Waals surface area (Å²) in [5.41, 5.74) is -0.148. The first-order chi connectivity index (χ1) is 9.26. The highest BCUT2D eigenvalue weighted by Gasteiger charge is 2.34. The predicted molar refractivity (Wildman–Crippen MR) is 64.8 cm³/mol. The minimum absolute atomic E-state index is 0.234. The lowest BCUT2D eigenvalue weighted by molar-refractivity contribution is -0.275. The zero-order valence-electron chi connectivity index (χ0n) is 10.2. The van der Waals surface area contributed by atoms with Crippen LogP contribution in [0.5, 0.6) is 5.75 Å². The summed E-state index contributed by atoms with van der Waals surface area (Å²) in [7, 11) is 0. The standard InChI is InChI=1S/C12H12ClF3O4/c13-6-2-4-7-3-1-5-8(20-12(14,15)16)9(7)10(17)11(18)19/h1,3,5,10,17H,2,4,6H2,(H,18,19). The lowest BCUT2D eigenvalue weighted by Crippen LogP contribution is -2.21. The Hall–Kier alpha value is -1.47. The molecule has 0 heterocycles. The molecule has 1 aromatic rings. The Morgan fingerprint density at radius 1 is 1.40 bits per heavy atom. The third-order valence-corrected chi connectivity index (χ3v) is 2.74. The van der Waals surface area contributed by atoms with Crippen LogP contribution in [0.4, 0.5) is 13.2 Å². The molecule has 0 saturated carbocycles. The number of rotatable bonds is 6. The van der Waals surface area contributed by atoms with E-state index in [4.69, 9.17) is 16.7 Å². The first kappa shape index (κ1) is 16.6. The summed E-state index contributed by atoms with van der Waals surface area (Å²) in [4.78, 5) is 10.8. The number of aliphatic carboxylic acids is 1. The van der Waals surface area contributed by atoms with Crippen molar-refractivity contribution in [2.45, 2.75) is 25.3 Å². The zero-order chi connectivity index (χ0) is 15.3. The van der Waals surface area contributed by atoms with Gasteiger partial charge in [-0.25, -0.2) is 4.79 Å². The van der Waals surface area contributed by atoms with E-state index in [1.54, 1.807) is 0 Å². The highest BCUT2D eigenvalue weighted by Crippen LogP contribution is 2.33. The number of aliphatic hydroxyl groups excluding tert-OH is 1. The van der Waals surface area contributed by atoms with Crippen LogP contribution in [0.15, 0.2) is 18.2 Å². The molecule has 0 saturated heterocycles. The van der Waals surface area contributed by atoms with Crippen LogP contribution in [0.3, 0.4) is 0 Å². The van der Waals surface area contributed by atoms with E-state index in [0.29, 0.717) is 6.42 Å². The largest absolute Gasteiger partial charge is 0.573 e. The average molecular weight is 313 g/mol. The number of alkyl halides is 4. The molecule has 0 aliphatic heterocycles. The quantitative estimate of drug-likeness (QED) is 0.793. The van der Waals surface area contributed by atoms with Gasteiger partial charge in [-0.1, -0.05) is 12.1 Å². The third kappa shape index (κ3) is 4.57. The van der Waals surface area contributed by atoms with Crippen LogP contribution in [-0.2, 0) is 11.2 Å². The summed E-state index contributed by atoms with van der Waals surface area (Å²) in [5.74, 6) is -2.12. The number of halogens is 4. The lowest BCUT2D eigenvalue weighted by Gasteiger charge is -2.18. The Morgan fingerprint density at radius 2 is 2.05 bits per heavy atom. The van der Waals surface area contributed by atoms with Crippen molar-refractivity contribution in [3.63, 3.8) is 0 Å². The van der Waals surface area contributed by atoms with Gasteiger partial charge in [0.1, 0.15) is 5.75 Å². The second kappa shape index (κ2) is 6.81. The average Bonchev–Trinajstić information content (AvgIpc) is 2.33. The van der Waals surface area contributed by atoms with Crippen molar-refractivity contribution in [2.24, 2.45) is 0 Å². The monoisotopic (exact) mass is 312 g/mol. The molecule has 4 nitrogen and oxygen atoms in total. The normalized spacial score (nSPS) is 13.1. The van der Waals surface area contributed by atoms with Gasteiger partial charge in [-0.05, 0) is 24.5 Å². The van der Waals surface area contributed by atoms with Crippen LogP contribution in [-0.4, -0.2) is 28.4 Å². The van der Waals surface area contributed by atoms with Gasteiger partial charge in [-0.15, -0.1) is 24.8 Å². The van der Waals surface area contributed by atoms with Gasteiger partial charge >= 0.3 is 12.3 Å². The molecule has 0 radical (unpaired) electrons. The summed E-state index contributed by atoms with van der Waals surface area (Å²) in [6.45, 7) is 0. The van der Waals surface area contributed by atoms with Gasteiger partial charge in [-0.3, -0.25) is 0 Å². The summed E-state index contributed by atoms with van der Waals surface area (Å²) in [6, 6.07) is 3.68. The van der Waals surface area contributed by atoms with E-state index in [-0.39, 0.29) is 17.9 Å². The highest BCUT2D eigenvalue weighted by molar-refractivity contribution is 6.17. The van der Waals surface area contributed by atoms with Crippen molar-refractivity contribution in [3.05, 3.63) is 29.3 Å². The minimum Gasteiger partial charge on any atom is -0.479 e. The molecular weight excluding hydrogens is 301 g/mol. The SMILES string of the molecule is O=C(O)C(O)c1c(CCCCl)cccc1OC(F)(F)F. The fraction of sp³-hybridized carbons (Fsp3) is 0.417. The number of ether oxygens (including phenoxy) is 1. The van der Waals surface area contributed by atoms with E-state index < -0.39 is 29.7 Å². The topological polar surface area (TPSA) is 66.8 Å². The van der Waals surface area contributed by atoms with Gasteiger partial charge in [0.25, 0.3) is 0 Å². The van der Waals surface area contributed by atoms with Crippen LogP contribution < -0.4 is 4.74 Å². The Kier molecular flexibility index (Phi) is 5.64. The Bertz CT molecular complexity index is 476. The van der Waals surface area contributed by atoms with E-state index in [1.807, 2.05) is 0 Å². The summed E-state index contributed by atoms with van der Waals surface area (Å²) < 4.78 is 40.7. The number of hydrogen-bond acceptors (Lipinski definition) is 3. The second-order valence-corrected chi connectivity index (χ2v) is 4.29. The third-order valence-electron chi connectivity index (χ3n) is 2.47. The summed E-state index contributed by atoms with van der Waals surface area (Å²) in [5, 5.41) is 18.4. The molecule has 0 amide bonds. The highest BCUT2D eigenvalue weighted by atomic mass is 35.5. The van der Waals surface area contributed by atoms with Crippen molar-refractivity contribution in [2.75, 3.05) is 5.88 Å². The van der Waals surface area contributed by atoms with Crippen LogP contribution >= 0.6 is 11.6 Å². The number of hydrogen-bond donors (Lipinski definition) is 2. The number of carbonyl (C=O) groups is 1. The summed E-state index contributed by atoms with van der Waals surface area (Å²) in [6.07, 6.45) is -6.41. The van der Waals surface area contributed by atoms with Crippen LogP contribution in [0.25, 0.3) is 0 Å². The van der Waals surface area contributed by atoms with Crippen molar-refractivity contribution in [1.82, 2.24) is 0 Å². The molecule has 0 aliphatic carbocycles. The molecule has 0 aromatic heterocycles. The number of aliphatic hydroxyl groups is 1. The van der Waals surface area contributed by atoms with Gasteiger partial charge < -0.3 is 14.9 Å². The van der Waals surface area contributed by atoms with Gasteiger partial charge in [0, 0.05) is 11.4 Å². The fourth-order valence-corrected chi connectivity index (χ4v) is 1.85. The maximum atomic E-state index is 12.3. The molecule has 20 heavy (non-hydrogen) atoms. The molecule has 112 valence electrons. The number of carboxylic acids is 1. The molecule has 1 atom stereocenters. The molecule has 0 spiro atoms. The second-order valence-electron chi connectivity index (χ2n) is 3.91. The number of aryl methyl sites for hydroxylation is 1. The van der Waals surface area contributed by atoms with Crippen LogP contribution in [0.1, 0.15) is 23.7 Å². The number of carboxylic acid groups (broad SMARTS) is 1. The van der Waals surface area contributed by atoms with E-state index in [9.17, 15) is 23.1 Å². The molecule has 2 N–H and O–H groups in total. The van der Waals surface area contributed by atoms with Crippen molar-refractivity contribution in [3.8, 4) is 5.75 Å². The molecule has 0 bridgehead atoms. The number of benzene rings is 1. The molecule has 1 aromatic carbocycles. The van der Waals surface area contributed by atoms with Gasteiger partial charge in [0.2, 0.25) is 0 Å². The van der Waals surface area contributed by atoms with Crippen molar-refractivity contribution in [1.29, 1.82) is 0 Å². The lowest BCUT2D eigenvalue weighted by atomic mass is 9.97. The molecule has 8 heteroatoms. The first-order valence-electron chi connectivity index (χ1n) is 5.60. The molecule has 1 unspecified atom stereocenters.